The van der Waals surface area contributed by atoms with Gasteiger partial charge in [0.25, 0.3) is 0 Å². The van der Waals surface area contributed by atoms with Crippen LogP contribution in [0, 0.1) is 5.92 Å². The van der Waals surface area contributed by atoms with E-state index >= 15 is 0 Å². The van der Waals surface area contributed by atoms with E-state index in [0.717, 1.165) is 0 Å². The molecule has 0 heterocycles. The zero-order chi connectivity index (χ0) is 7.49. The van der Waals surface area contributed by atoms with Crippen LogP contribution in [0.2, 0.25) is 0 Å². The summed E-state index contributed by atoms with van der Waals surface area (Å²) in [6.07, 6.45) is 0.434. The Morgan fingerprint density at radius 2 is 2.00 bits per heavy atom. The minimum atomic E-state index is -1.38. The van der Waals surface area contributed by atoms with E-state index in [4.69, 9.17) is 5.11 Å². The van der Waals surface area contributed by atoms with Crippen LogP contribution in [0.4, 0.5) is 4.39 Å². The molecule has 0 fully saturated rings. The molecule has 0 aromatic rings. The van der Waals surface area contributed by atoms with Gasteiger partial charge in [0.2, 0.25) is 0 Å². The van der Waals surface area contributed by atoms with Crippen LogP contribution in [0.1, 0.15) is 27.2 Å². The van der Waals surface area contributed by atoms with Crippen LogP contribution in [-0.2, 0) is 0 Å². The summed E-state index contributed by atoms with van der Waals surface area (Å²) < 4.78 is 12.8. The van der Waals surface area contributed by atoms with Gasteiger partial charge in [-0.25, -0.2) is 4.39 Å². The smallest absolute Gasteiger partial charge is 0.131 e. The number of halogens is 1. The standard InChI is InChI=1S/C7H15FO/c1-6(2)4-7(3,8)5-9/h6,9H,4-5H2,1-3H3/t7-/m1/s1. The Bertz CT molecular complexity index is 79.0. The molecule has 0 radical (unpaired) electrons. The van der Waals surface area contributed by atoms with Gasteiger partial charge >= 0.3 is 0 Å². The quantitative estimate of drug-likeness (QED) is 0.623. The molecule has 0 amide bonds. The lowest BCUT2D eigenvalue weighted by Crippen LogP contribution is -2.24. The van der Waals surface area contributed by atoms with Crippen LogP contribution in [0.15, 0.2) is 0 Å². The van der Waals surface area contributed by atoms with Crippen LogP contribution >= 0.6 is 0 Å². The van der Waals surface area contributed by atoms with E-state index in [1.54, 1.807) is 0 Å². The topological polar surface area (TPSA) is 20.2 Å². The summed E-state index contributed by atoms with van der Waals surface area (Å²) in [5, 5.41) is 8.47. The second kappa shape index (κ2) is 3.16. The zero-order valence-electron chi connectivity index (χ0n) is 6.32. The molecule has 0 aliphatic heterocycles. The average molecular weight is 134 g/mol. The highest BCUT2D eigenvalue weighted by atomic mass is 19.1. The fourth-order valence-corrected chi connectivity index (χ4v) is 0.916. The highest BCUT2D eigenvalue weighted by molar-refractivity contribution is 4.72. The third-order valence-electron chi connectivity index (χ3n) is 1.16. The predicted octanol–water partition coefficient (Wildman–Crippen LogP) is 1.75. The summed E-state index contributed by atoms with van der Waals surface area (Å²) in [7, 11) is 0. The third kappa shape index (κ3) is 4.40. The van der Waals surface area contributed by atoms with Gasteiger partial charge in [-0.2, -0.15) is 0 Å². The Kier molecular flexibility index (Phi) is 3.12. The van der Waals surface area contributed by atoms with Gasteiger partial charge < -0.3 is 5.11 Å². The van der Waals surface area contributed by atoms with Crippen molar-refractivity contribution in [1.29, 1.82) is 0 Å². The van der Waals surface area contributed by atoms with Crippen molar-refractivity contribution in [3.05, 3.63) is 0 Å². The van der Waals surface area contributed by atoms with Gasteiger partial charge in [0.15, 0.2) is 0 Å². The molecule has 0 saturated heterocycles. The van der Waals surface area contributed by atoms with Crippen molar-refractivity contribution >= 4 is 0 Å². The van der Waals surface area contributed by atoms with Gasteiger partial charge in [-0.3, -0.25) is 0 Å². The molecule has 1 atom stereocenters. The van der Waals surface area contributed by atoms with Crippen molar-refractivity contribution in [2.45, 2.75) is 32.9 Å². The summed E-state index contributed by atoms with van der Waals surface area (Å²) in [4.78, 5) is 0. The highest BCUT2D eigenvalue weighted by Crippen LogP contribution is 2.19. The van der Waals surface area contributed by atoms with Gasteiger partial charge in [-0.1, -0.05) is 13.8 Å². The van der Waals surface area contributed by atoms with E-state index in [2.05, 4.69) is 0 Å². The van der Waals surface area contributed by atoms with Crippen LogP contribution in [0.3, 0.4) is 0 Å². The van der Waals surface area contributed by atoms with Crippen LogP contribution in [0.5, 0.6) is 0 Å². The Morgan fingerprint density at radius 3 is 2.11 bits per heavy atom. The predicted molar refractivity (Wildman–Crippen MR) is 36.1 cm³/mol. The molecule has 1 N–H and O–H groups in total. The molecule has 0 aliphatic rings. The summed E-state index contributed by atoms with van der Waals surface area (Å²) >= 11 is 0. The maximum atomic E-state index is 12.8. The number of hydrogen-bond acceptors (Lipinski definition) is 1. The van der Waals surface area contributed by atoms with Crippen molar-refractivity contribution in [3.8, 4) is 0 Å². The Balaban J connectivity index is 3.58. The fourth-order valence-electron chi connectivity index (χ4n) is 0.916. The molecule has 0 aliphatic carbocycles. The molecule has 0 bridgehead atoms. The number of aliphatic hydroxyl groups excluding tert-OH is 1. The summed E-state index contributed by atoms with van der Waals surface area (Å²) in [5.74, 6) is 0.312. The summed E-state index contributed by atoms with van der Waals surface area (Å²) in [6, 6.07) is 0. The maximum Gasteiger partial charge on any atom is 0.131 e. The molecule has 0 rings (SSSR count). The first kappa shape index (κ1) is 8.89. The van der Waals surface area contributed by atoms with E-state index in [0.29, 0.717) is 12.3 Å². The van der Waals surface area contributed by atoms with Crippen molar-refractivity contribution in [2.75, 3.05) is 6.61 Å². The molecule has 0 saturated carbocycles. The second-order valence-electron chi connectivity index (χ2n) is 3.17. The molecule has 0 unspecified atom stereocenters. The summed E-state index contributed by atoms with van der Waals surface area (Å²) in [5.41, 5.74) is -1.38. The Hall–Kier alpha value is -0.110. The van der Waals surface area contributed by atoms with Gasteiger partial charge in [0, 0.05) is 0 Å². The van der Waals surface area contributed by atoms with Crippen LogP contribution < -0.4 is 0 Å². The van der Waals surface area contributed by atoms with Crippen molar-refractivity contribution < 1.29 is 9.50 Å². The van der Waals surface area contributed by atoms with E-state index in [-0.39, 0.29) is 6.61 Å². The van der Waals surface area contributed by atoms with Crippen LogP contribution in [0.25, 0.3) is 0 Å². The number of rotatable bonds is 3. The molecule has 1 nitrogen and oxygen atoms in total. The Morgan fingerprint density at radius 1 is 1.56 bits per heavy atom. The normalized spacial score (nSPS) is 18.0. The second-order valence-corrected chi connectivity index (χ2v) is 3.17. The molecule has 0 aromatic heterocycles. The fraction of sp³-hybridized carbons (Fsp3) is 1.00. The minimum Gasteiger partial charge on any atom is -0.393 e. The zero-order valence-corrected chi connectivity index (χ0v) is 6.32. The first-order valence-corrected chi connectivity index (χ1v) is 3.28. The summed E-state index contributed by atoms with van der Waals surface area (Å²) in [6.45, 7) is 4.93. The lowest BCUT2D eigenvalue weighted by molar-refractivity contribution is 0.0682. The molecule has 2 heteroatoms. The number of alkyl halides is 1. The van der Waals surface area contributed by atoms with Gasteiger partial charge in [0.1, 0.15) is 5.67 Å². The largest absolute Gasteiger partial charge is 0.393 e. The van der Waals surface area contributed by atoms with Crippen molar-refractivity contribution in [3.63, 3.8) is 0 Å². The average Bonchev–Trinajstić information content (AvgIpc) is 1.63. The Labute approximate surface area is 55.9 Å². The minimum absolute atomic E-state index is 0.312. The van der Waals surface area contributed by atoms with E-state index < -0.39 is 5.67 Å². The van der Waals surface area contributed by atoms with Crippen LogP contribution in [-0.4, -0.2) is 17.4 Å². The lowest BCUT2D eigenvalue weighted by atomic mass is 9.97. The monoisotopic (exact) mass is 134 g/mol. The first-order chi connectivity index (χ1) is 3.98. The maximum absolute atomic E-state index is 12.8. The van der Waals surface area contributed by atoms with Gasteiger partial charge in [-0.15, -0.1) is 0 Å². The van der Waals surface area contributed by atoms with Crippen molar-refractivity contribution in [1.82, 2.24) is 0 Å². The highest BCUT2D eigenvalue weighted by Gasteiger charge is 2.22. The van der Waals surface area contributed by atoms with E-state index in [9.17, 15) is 4.39 Å². The molecule has 56 valence electrons. The lowest BCUT2D eigenvalue weighted by Gasteiger charge is -2.18. The van der Waals surface area contributed by atoms with E-state index in [1.165, 1.54) is 6.92 Å². The van der Waals surface area contributed by atoms with Gasteiger partial charge in [-0.05, 0) is 19.3 Å². The third-order valence-corrected chi connectivity index (χ3v) is 1.16. The number of hydrogen-bond donors (Lipinski definition) is 1. The molecular formula is C7H15FO. The molecule has 0 spiro atoms. The molecule has 0 aromatic carbocycles. The van der Waals surface area contributed by atoms with Crippen molar-refractivity contribution in [2.24, 2.45) is 5.92 Å². The first-order valence-electron chi connectivity index (χ1n) is 3.28. The molecular weight excluding hydrogens is 119 g/mol. The molecule has 9 heavy (non-hydrogen) atoms. The number of aliphatic hydroxyl groups is 1. The van der Waals surface area contributed by atoms with E-state index in [1.807, 2.05) is 13.8 Å². The van der Waals surface area contributed by atoms with Gasteiger partial charge in [0.05, 0.1) is 6.61 Å². The SMILES string of the molecule is CC(C)C[C@@](C)(F)CO.